The van der Waals surface area contributed by atoms with Crippen molar-refractivity contribution in [1.82, 2.24) is 9.97 Å². The van der Waals surface area contributed by atoms with Gasteiger partial charge in [-0.2, -0.15) is 0 Å². The molecule has 244 valence electrons. The van der Waals surface area contributed by atoms with Gasteiger partial charge in [0.15, 0.2) is 11.8 Å². The fourth-order valence-corrected chi connectivity index (χ4v) is 6.17. The maximum atomic E-state index is 12.8. The van der Waals surface area contributed by atoms with E-state index in [4.69, 9.17) is 8.83 Å². The minimum absolute atomic E-state index is 0.337. The van der Waals surface area contributed by atoms with Gasteiger partial charge in [-0.1, -0.05) is 129 Å². The van der Waals surface area contributed by atoms with E-state index in [1.54, 1.807) is 0 Å². The van der Waals surface area contributed by atoms with E-state index in [9.17, 15) is 9.59 Å². The lowest BCUT2D eigenvalue weighted by Crippen LogP contribution is -2.07. The molecule has 0 saturated carbocycles. The number of nitrogens with zero attached hydrogens (tertiary/aromatic N) is 2. The molecule has 0 amide bonds. The molecule has 6 nitrogen and oxygen atoms in total. The van der Waals surface area contributed by atoms with Crippen LogP contribution < -0.4 is 11.3 Å². The Bertz CT molecular complexity index is 1450. The lowest BCUT2D eigenvalue weighted by Gasteiger charge is -2.07. The summed E-state index contributed by atoms with van der Waals surface area (Å²) in [5.74, 6) is 1.04. The standard InChI is InChI=1S/C39H54N2O4/c1-3-5-7-9-11-13-15-17-19-21-36-40-34-25-23-30(28-32(34)38(42)44-36)27-31-24-26-35-33(29-31)39(43)45-37(41-35)22-20-18-16-14-12-10-8-6-4-2/h23-26,28-29H,3-22,27H2,1-2H3. The monoisotopic (exact) mass is 614 g/mol. The molecule has 0 unspecified atom stereocenters. The molecule has 4 aromatic rings. The lowest BCUT2D eigenvalue weighted by atomic mass is 10.0. The van der Waals surface area contributed by atoms with Gasteiger partial charge in [0.25, 0.3) is 0 Å². The SMILES string of the molecule is CCCCCCCCCCCc1nc2ccc(Cc3ccc4nc(CCCCCCCCCCC)oc(=O)c4c3)cc2c(=O)o1. The van der Waals surface area contributed by atoms with Crippen molar-refractivity contribution in [3.8, 4) is 0 Å². The molecule has 2 aromatic carbocycles. The Labute approximate surface area is 269 Å². The van der Waals surface area contributed by atoms with Crippen molar-refractivity contribution in [2.45, 2.75) is 149 Å². The fraction of sp³-hybridized carbons (Fsp3) is 0.590. The number of benzene rings is 2. The number of unbranched alkanes of at least 4 members (excludes halogenated alkanes) is 16. The minimum atomic E-state index is -0.337. The topological polar surface area (TPSA) is 86.2 Å². The maximum absolute atomic E-state index is 12.8. The van der Waals surface area contributed by atoms with E-state index in [2.05, 4.69) is 23.8 Å². The summed E-state index contributed by atoms with van der Waals surface area (Å²) in [7, 11) is 0. The Balaban J connectivity index is 1.27. The first kappa shape index (κ1) is 34.6. The number of hydrogen-bond donors (Lipinski definition) is 0. The van der Waals surface area contributed by atoms with Crippen molar-refractivity contribution in [1.29, 1.82) is 0 Å². The zero-order valence-corrected chi connectivity index (χ0v) is 27.8. The second kappa shape index (κ2) is 19.3. The van der Waals surface area contributed by atoms with E-state index in [0.29, 0.717) is 52.8 Å². The van der Waals surface area contributed by atoms with Crippen LogP contribution in [0.1, 0.15) is 152 Å². The Morgan fingerprint density at radius 2 is 0.844 bits per heavy atom. The highest BCUT2D eigenvalue weighted by Gasteiger charge is 2.11. The van der Waals surface area contributed by atoms with E-state index < -0.39 is 0 Å². The summed E-state index contributed by atoms with van der Waals surface area (Å²) in [5, 5.41) is 0.984. The number of rotatable bonds is 22. The van der Waals surface area contributed by atoms with Gasteiger partial charge in [0.2, 0.25) is 0 Å². The van der Waals surface area contributed by atoms with Crippen molar-refractivity contribution in [3.05, 3.63) is 80.1 Å². The van der Waals surface area contributed by atoms with E-state index in [1.165, 1.54) is 89.9 Å². The predicted molar refractivity (Wildman–Crippen MR) is 185 cm³/mol. The highest BCUT2D eigenvalue weighted by molar-refractivity contribution is 5.79. The number of hydrogen-bond acceptors (Lipinski definition) is 6. The first-order chi connectivity index (χ1) is 22.1. The molecule has 2 heterocycles. The summed E-state index contributed by atoms with van der Waals surface area (Å²) in [6, 6.07) is 11.5. The van der Waals surface area contributed by atoms with E-state index in [-0.39, 0.29) is 11.3 Å². The average Bonchev–Trinajstić information content (AvgIpc) is 3.04. The first-order valence-corrected chi connectivity index (χ1v) is 17.9. The summed E-state index contributed by atoms with van der Waals surface area (Å²) in [6.45, 7) is 4.49. The fourth-order valence-electron chi connectivity index (χ4n) is 6.17. The summed E-state index contributed by atoms with van der Waals surface area (Å²) >= 11 is 0. The second-order valence-electron chi connectivity index (χ2n) is 12.8. The molecule has 0 atom stereocenters. The van der Waals surface area contributed by atoms with Crippen LogP contribution in [0, 0.1) is 0 Å². The van der Waals surface area contributed by atoms with Crippen LogP contribution in [-0.4, -0.2) is 9.97 Å². The molecule has 0 bridgehead atoms. The summed E-state index contributed by atoms with van der Waals surface area (Å²) in [5.41, 5.74) is 2.59. The van der Waals surface area contributed by atoms with Crippen molar-refractivity contribution in [2.24, 2.45) is 0 Å². The van der Waals surface area contributed by atoms with Crippen LogP contribution in [0.25, 0.3) is 21.8 Å². The van der Waals surface area contributed by atoms with Gasteiger partial charge in [0, 0.05) is 12.8 Å². The Morgan fingerprint density at radius 1 is 0.489 bits per heavy atom. The summed E-state index contributed by atoms with van der Waals surface area (Å²) in [6.07, 6.45) is 24.5. The Hall–Kier alpha value is -3.28. The third kappa shape index (κ3) is 11.5. The normalized spacial score (nSPS) is 11.6. The molecule has 0 saturated heterocycles. The smallest absolute Gasteiger partial charge is 0.346 e. The van der Waals surface area contributed by atoms with Gasteiger partial charge < -0.3 is 8.83 Å². The third-order valence-corrected chi connectivity index (χ3v) is 8.87. The molecule has 0 spiro atoms. The van der Waals surface area contributed by atoms with Crippen LogP contribution in [-0.2, 0) is 19.3 Å². The molecule has 6 heteroatoms. The van der Waals surface area contributed by atoms with Crippen molar-refractivity contribution >= 4 is 21.8 Å². The van der Waals surface area contributed by atoms with Gasteiger partial charge in [-0.3, -0.25) is 0 Å². The Kier molecular flexibility index (Phi) is 14.8. The highest BCUT2D eigenvalue weighted by Crippen LogP contribution is 2.19. The number of aryl methyl sites for hydroxylation is 2. The van der Waals surface area contributed by atoms with E-state index >= 15 is 0 Å². The molecule has 0 radical (unpaired) electrons. The third-order valence-electron chi connectivity index (χ3n) is 8.87. The van der Waals surface area contributed by atoms with Crippen LogP contribution >= 0.6 is 0 Å². The van der Waals surface area contributed by atoms with Gasteiger partial charge in [-0.25, -0.2) is 19.6 Å². The molecule has 4 rings (SSSR count). The van der Waals surface area contributed by atoms with Crippen LogP contribution in [0.3, 0.4) is 0 Å². The number of fused-ring (bicyclic) bond motifs is 2. The minimum Gasteiger partial charge on any atom is -0.408 e. The summed E-state index contributed by atoms with van der Waals surface area (Å²) < 4.78 is 11.2. The molecular formula is C39H54N2O4. The van der Waals surface area contributed by atoms with Crippen LogP contribution in [0.4, 0.5) is 0 Å². The van der Waals surface area contributed by atoms with Crippen LogP contribution in [0.5, 0.6) is 0 Å². The molecule has 0 fully saturated rings. The van der Waals surface area contributed by atoms with Crippen LogP contribution in [0.15, 0.2) is 54.8 Å². The first-order valence-electron chi connectivity index (χ1n) is 17.9. The predicted octanol–water partition coefficient (Wildman–Crippen LogP) is 10.4. The quantitative estimate of drug-likeness (QED) is 0.0819. The van der Waals surface area contributed by atoms with Crippen molar-refractivity contribution < 1.29 is 8.83 Å². The summed E-state index contributed by atoms with van der Waals surface area (Å²) in [4.78, 5) is 34.9. The van der Waals surface area contributed by atoms with Gasteiger partial charge in [-0.05, 0) is 54.7 Å². The van der Waals surface area contributed by atoms with Gasteiger partial charge in [0.05, 0.1) is 21.8 Å². The Morgan fingerprint density at radius 3 is 1.22 bits per heavy atom. The largest absolute Gasteiger partial charge is 0.408 e. The molecule has 45 heavy (non-hydrogen) atoms. The van der Waals surface area contributed by atoms with Gasteiger partial charge >= 0.3 is 11.3 Å². The van der Waals surface area contributed by atoms with Crippen molar-refractivity contribution in [3.63, 3.8) is 0 Å². The molecule has 0 aliphatic carbocycles. The zero-order chi connectivity index (χ0) is 31.7. The van der Waals surface area contributed by atoms with E-state index in [0.717, 1.165) is 36.8 Å². The average molecular weight is 615 g/mol. The lowest BCUT2D eigenvalue weighted by molar-refractivity contribution is 0.433. The number of aromatic nitrogens is 2. The molecule has 0 N–H and O–H groups in total. The van der Waals surface area contributed by atoms with Gasteiger partial charge in [-0.15, -0.1) is 0 Å². The van der Waals surface area contributed by atoms with E-state index in [1.807, 2.05) is 36.4 Å². The molecular weight excluding hydrogens is 560 g/mol. The second-order valence-corrected chi connectivity index (χ2v) is 12.8. The van der Waals surface area contributed by atoms with Crippen molar-refractivity contribution in [2.75, 3.05) is 0 Å². The van der Waals surface area contributed by atoms with Gasteiger partial charge in [0.1, 0.15) is 0 Å². The molecule has 2 aromatic heterocycles. The zero-order valence-electron chi connectivity index (χ0n) is 27.8. The maximum Gasteiger partial charge on any atom is 0.346 e. The van der Waals surface area contributed by atoms with Crippen LogP contribution in [0.2, 0.25) is 0 Å². The molecule has 0 aliphatic rings. The highest BCUT2D eigenvalue weighted by atomic mass is 16.4. The molecule has 0 aliphatic heterocycles.